The lowest BCUT2D eigenvalue weighted by atomic mass is 9.98. The molecule has 2 aromatic carbocycles. The number of aliphatic carboxylic acids is 1. The van der Waals surface area contributed by atoms with Gasteiger partial charge in [0.15, 0.2) is 0 Å². The summed E-state index contributed by atoms with van der Waals surface area (Å²) in [5.74, 6) is -4.01. The summed E-state index contributed by atoms with van der Waals surface area (Å²) >= 11 is 0. The summed E-state index contributed by atoms with van der Waals surface area (Å²) in [4.78, 5) is 91.2. The monoisotopic (exact) mass is 896 g/mol. The van der Waals surface area contributed by atoms with Crippen LogP contribution in [0, 0.1) is 0 Å². The fourth-order valence-electron chi connectivity index (χ4n) is 6.86. The van der Waals surface area contributed by atoms with Crippen molar-refractivity contribution < 1.29 is 57.6 Å². The molecule has 0 unspecified atom stereocenters. The molecule has 3 rings (SSSR count). The summed E-state index contributed by atoms with van der Waals surface area (Å²) in [5, 5.41) is 25.2. The van der Waals surface area contributed by atoms with E-state index in [1.54, 1.807) is 69.2 Å². The van der Waals surface area contributed by atoms with Crippen molar-refractivity contribution in [2.24, 2.45) is 0 Å². The van der Waals surface area contributed by atoms with Gasteiger partial charge in [-0.25, -0.2) is 19.2 Å². The quantitative estimate of drug-likeness (QED) is 0.0664. The zero-order valence-electron chi connectivity index (χ0n) is 39.0. The van der Waals surface area contributed by atoms with Crippen LogP contribution in [0.15, 0.2) is 48.5 Å². The third-order valence-electron chi connectivity index (χ3n) is 9.60. The first-order valence-corrected chi connectivity index (χ1v) is 21.6. The highest BCUT2D eigenvalue weighted by Gasteiger charge is 2.36. The van der Waals surface area contributed by atoms with Gasteiger partial charge in [-0.1, -0.05) is 48.5 Å². The van der Waals surface area contributed by atoms with Gasteiger partial charge in [-0.05, 0) is 124 Å². The average molecular weight is 897 g/mol. The van der Waals surface area contributed by atoms with Gasteiger partial charge in [0.05, 0.1) is 11.7 Å². The minimum absolute atomic E-state index is 0.0354. The third-order valence-corrected chi connectivity index (χ3v) is 9.60. The highest BCUT2D eigenvalue weighted by molar-refractivity contribution is 5.95. The van der Waals surface area contributed by atoms with Gasteiger partial charge in [0.25, 0.3) is 0 Å². The van der Waals surface area contributed by atoms with Crippen molar-refractivity contribution in [3.8, 4) is 11.1 Å². The second kappa shape index (κ2) is 23.1. The van der Waals surface area contributed by atoms with Gasteiger partial charge in [0, 0.05) is 19.0 Å². The lowest BCUT2D eigenvalue weighted by Crippen LogP contribution is -2.61. The van der Waals surface area contributed by atoms with Gasteiger partial charge >= 0.3 is 24.2 Å². The van der Waals surface area contributed by atoms with Gasteiger partial charge in [0.2, 0.25) is 17.7 Å². The molecule has 0 bridgehead atoms. The van der Waals surface area contributed by atoms with Crippen LogP contribution in [0.25, 0.3) is 11.1 Å². The molecule has 0 aromatic heterocycles. The van der Waals surface area contributed by atoms with Crippen molar-refractivity contribution in [2.45, 2.75) is 155 Å². The number of rotatable bonds is 20. The molecule has 0 radical (unpaired) electrons. The second-order valence-corrected chi connectivity index (χ2v) is 18.7. The maximum Gasteiger partial charge on any atom is 0.407 e. The molecule has 0 saturated carbocycles. The molecule has 0 fully saturated rings. The minimum Gasteiger partial charge on any atom is -0.480 e. The predicted octanol–water partition coefficient (Wildman–Crippen LogP) is 5.27. The van der Waals surface area contributed by atoms with Crippen molar-refractivity contribution in [3.05, 3.63) is 59.7 Å². The van der Waals surface area contributed by atoms with E-state index in [4.69, 9.17) is 18.9 Å². The Bertz CT molecular complexity index is 1910. The summed E-state index contributed by atoms with van der Waals surface area (Å²) in [6, 6.07) is 10.3. The summed E-state index contributed by atoms with van der Waals surface area (Å²) in [7, 11) is 0. The van der Waals surface area contributed by atoms with Crippen molar-refractivity contribution >= 4 is 42.0 Å². The van der Waals surface area contributed by atoms with Crippen LogP contribution in [0.3, 0.4) is 0 Å². The number of nitrogens with one attached hydrogen (secondary N) is 6. The van der Waals surface area contributed by atoms with Crippen LogP contribution in [-0.2, 0) is 38.1 Å². The number of hydrogen-bond donors (Lipinski definition) is 7. The predicted molar refractivity (Wildman–Crippen MR) is 238 cm³/mol. The van der Waals surface area contributed by atoms with Crippen LogP contribution in [-0.4, -0.2) is 114 Å². The Balaban J connectivity index is 1.73. The number of benzene rings is 2. The highest BCUT2D eigenvalue weighted by atomic mass is 16.6. The normalized spacial score (nSPS) is 14.8. The first-order valence-electron chi connectivity index (χ1n) is 21.6. The Hall–Kier alpha value is -5.91. The standard InChI is InChI=1S/C46H68N6O12/c1-27(37(53)50-35(40(56)57)22-16-17-24-47-41(58)63-45(6,7)8)49-39(55)36(28(2)62-44(3,4)5)52-38(54)34(23-25-48-42(59)64-46(9,10)11)51-43(60)61-26-33-31-20-14-12-18-29(31)30-19-13-15-21-32(30)33/h12-15,18-21,27-28,33-36H,16-17,22-26H2,1-11H3,(H,47,58)(H,48,59)(H,49,55)(H,50,53)(H,51,60)(H,52,54)(H,56,57)/t27-,28+,34-,35-,36-/m0/s1. The van der Waals surface area contributed by atoms with E-state index >= 15 is 0 Å². The summed E-state index contributed by atoms with van der Waals surface area (Å²) in [6.45, 7) is 18.5. The topological polar surface area (TPSA) is 249 Å². The summed E-state index contributed by atoms with van der Waals surface area (Å²) in [6.07, 6.45) is -2.63. The van der Waals surface area contributed by atoms with E-state index in [1.165, 1.54) is 6.92 Å². The molecule has 64 heavy (non-hydrogen) atoms. The number of carboxylic acids is 1. The Morgan fingerprint density at radius 1 is 0.594 bits per heavy atom. The number of hydrogen-bond acceptors (Lipinski definition) is 11. The fraction of sp³-hybridized carbons (Fsp3) is 0.587. The van der Waals surface area contributed by atoms with Crippen LogP contribution >= 0.6 is 0 Å². The minimum atomic E-state index is -1.43. The molecule has 354 valence electrons. The van der Waals surface area contributed by atoms with Crippen LogP contribution in [0.1, 0.15) is 119 Å². The van der Waals surface area contributed by atoms with Crippen molar-refractivity contribution in [1.29, 1.82) is 0 Å². The molecule has 7 N–H and O–H groups in total. The SMILES string of the molecule is C[C@H](NC(=O)[C@@H](NC(=O)[C@H](CCNC(=O)OC(C)(C)C)NC(=O)OCC1c2ccccc2-c2ccccc21)[C@@H](C)OC(C)(C)C)C(=O)N[C@@H](CCCCNC(=O)OC(C)(C)C)C(=O)O. The molecule has 18 nitrogen and oxygen atoms in total. The number of carboxylic acid groups (broad SMARTS) is 1. The molecule has 0 aliphatic heterocycles. The number of carbonyl (C=O) groups excluding carboxylic acids is 6. The van der Waals surface area contributed by atoms with Gasteiger partial charge in [-0.3, -0.25) is 14.4 Å². The maximum absolute atomic E-state index is 14.1. The van der Waals surface area contributed by atoms with Gasteiger partial charge < -0.3 is 56.0 Å². The van der Waals surface area contributed by atoms with Crippen molar-refractivity contribution in [2.75, 3.05) is 19.7 Å². The number of amides is 6. The van der Waals surface area contributed by atoms with Gasteiger partial charge in [0.1, 0.15) is 42.0 Å². The Morgan fingerprint density at radius 2 is 1.12 bits per heavy atom. The van der Waals surface area contributed by atoms with E-state index in [1.807, 2.05) is 48.5 Å². The number of fused-ring (bicyclic) bond motifs is 3. The Morgan fingerprint density at radius 3 is 1.64 bits per heavy atom. The Kier molecular flexibility index (Phi) is 19.0. The third kappa shape index (κ3) is 17.7. The van der Waals surface area contributed by atoms with E-state index in [0.29, 0.717) is 12.8 Å². The van der Waals surface area contributed by atoms with Crippen LogP contribution in [0.2, 0.25) is 0 Å². The molecule has 0 spiro atoms. The van der Waals surface area contributed by atoms with Crippen molar-refractivity contribution in [3.63, 3.8) is 0 Å². The molecule has 2 aromatic rings. The molecule has 5 atom stereocenters. The van der Waals surface area contributed by atoms with E-state index in [0.717, 1.165) is 22.3 Å². The zero-order chi connectivity index (χ0) is 48.0. The molecular weight excluding hydrogens is 829 g/mol. The summed E-state index contributed by atoms with van der Waals surface area (Å²) in [5.41, 5.74) is 1.77. The molecule has 1 aliphatic rings. The number of carbonyl (C=O) groups is 7. The van der Waals surface area contributed by atoms with Crippen LogP contribution < -0.4 is 31.9 Å². The van der Waals surface area contributed by atoms with Crippen LogP contribution in [0.5, 0.6) is 0 Å². The van der Waals surface area contributed by atoms with E-state index in [9.17, 15) is 38.7 Å². The summed E-state index contributed by atoms with van der Waals surface area (Å²) < 4.78 is 22.3. The van der Waals surface area contributed by atoms with Gasteiger partial charge in [-0.15, -0.1) is 0 Å². The fourth-order valence-corrected chi connectivity index (χ4v) is 6.86. The lowest BCUT2D eigenvalue weighted by Gasteiger charge is -2.32. The van der Waals surface area contributed by atoms with Crippen molar-refractivity contribution in [1.82, 2.24) is 31.9 Å². The zero-order valence-corrected chi connectivity index (χ0v) is 39.0. The van der Waals surface area contributed by atoms with Crippen LogP contribution in [0.4, 0.5) is 14.4 Å². The average Bonchev–Trinajstić information content (AvgIpc) is 3.49. The molecule has 18 heteroatoms. The van der Waals surface area contributed by atoms with Gasteiger partial charge in [-0.2, -0.15) is 0 Å². The van der Waals surface area contributed by atoms with E-state index in [2.05, 4.69) is 31.9 Å². The molecule has 0 heterocycles. The molecule has 6 amide bonds. The first kappa shape index (κ1) is 52.4. The largest absolute Gasteiger partial charge is 0.480 e. The smallest absolute Gasteiger partial charge is 0.407 e. The number of alkyl carbamates (subject to hydrolysis) is 3. The Labute approximate surface area is 376 Å². The first-order chi connectivity index (χ1) is 29.7. The number of ether oxygens (including phenoxy) is 4. The van der Waals surface area contributed by atoms with E-state index < -0.39 is 89.0 Å². The maximum atomic E-state index is 14.1. The lowest BCUT2D eigenvalue weighted by molar-refractivity contribution is -0.143. The second-order valence-electron chi connectivity index (χ2n) is 18.7. The highest BCUT2D eigenvalue weighted by Crippen LogP contribution is 2.44. The number of unbranched alkanes of at least 4 members (excludes halogenated alkanes) is 1. The van der Waals surface area contributed by atoms with E-state index in [-0.39, 0.29) is 38.5 Å². The molecule has 1 aliphatic carbocycles. The molecular formula is C46H68N6O12. The molecule has 0 saturated heterocycles.